The lowest BCUT2D eigenvalue weighted by Gasteiger charge is -2.29. The van der Waals surface area contributed by atoms with Gasteiger partial charge in [-0.1, -0.05) is 40.9 Å². The second-order valence-electron chi connectivity index (χ2n) is 8.70. The van der Waals surface area contributed by atoms with Crippen LogP contribution in [0.15, 0.2) is 40.9 Å². The van der Waals surface area contributed by atoms with Crippen LogP contribution in [0.1, 0.15) is 49.3 Å². The van der Waals surface area contributed by atoms with Gasteiger partial charge in [0.25, 0.3) is 5.91 Å². The Hall–Kier alpha value is -2.54. The molecule has 1 aliphatic carbocycles. The number of aryl methyl sites for hydroxylation is 2. The van der Waals surface area contributed by atoms with Crippen molar-refractivity contribution in [1.29, 1.82) is 0 Å². The fourth-order valence-electron chi connectivity index (χ4n) is 4.16. The fraction of sp³-hybridized carbons (Fsp3) is 0.462. The summed E-state index contributed by atoms with van der Waals surface area (Å²) in [5.41, 5.74) is 2.96. The third-order valence-electron chi connectivity index (χ3n) is 6.13. The average Bonchev–Trinajstić information content (AvgIpc) is 3.32. The van der Waals surface area contributed by atoms with E-state index in [1.54, 1.807) is 18.9 Å². The first kappa shape index (κ1) is 25.1. The summed E-state index contributed by atoms with van der Waals surface area (Å²) in [7, 11) is 1.61. The van der Waals surface area contributed by atoms with Crippen LogP contribution >= 0.6 is 15.9 Å². The summed E-state index contributed by atoms with van der Waals surface area (Å²) in [5.74, 6) is 0.963. The van der Waals surface area contributed by atoms with Crippen LogP contribution in [0.5, 0.6) is 11.5 Å². The number of ether oxygens (including phenoxy) is 2. The molecule has 0 aliphatic heterocycles. The highest BCUT2D eigenvalue weighted by Gasteiger charge is 2.29. The molecule has 7 heteroatoms. The third-order valence-corrected chi connectivity index (χ3v) is 7.38. The second-order valence-corrected chi connectivity index (χ2v) is 9.49. The maximum absolute atomic E-state index is 13.3. The Kier molecular flexibility index (Phi) is 8.78. The molecule has 0 saturated heterocycles. The SMILES string of the molecule is COc1cccc(CN(C(=O)COc2cc(C)c(Br)c(C)c2)[C@H](C)C(=O)NC2CCCC2)c1. The number of methoxy groups -OCH3 is 1. The maximum atomic E-state index is 13.3. The van der Waals surface area contributed by atoms with Gasteiger partial charge in [-0.15, -0.1) is 0 Å². The predicted molar refractivity (Wildman–Crippen MR) is 133 cm³/mol. The molecule has 3 rings (SSSR count). The summed E-state index contributed by atoms with van der Waals surface area (Å²) >= 11 is 3.55. The van der Waals surface area contributed by atoms with Gasteiger partial charge in [-0.3, -0.25) is 9.59 Å². The van der Waals surface area contributed by atoms with Gasteiger partial charge in [0.1, 0.15) is 17.5 Å². The lowest BCUT2D eigenvalue weighted by Crippen LogP contribution is -2.50. The van der Waals surface area contributed by atoms with Crippen LogP contribution in [-0.4, -0.2) is 42.5 Å². The lowest BCUT2D eigenvalue weighted by molar-refractivity contribution is -0.142. The minimum Gasteiger partial charge on any atom is -0.497 e. The van der Waals surface area contributed by atoms with E-state index >= 15 is 0 Å². The first-order chi connectivity index (χ1) is 15.8. The Labute approximate surface area is 204 Å². The van der Waals surface area contributed by atoms with E-state index in [4.69, 9.17) is 9.47 Å². The predicted octanol–water partition coefficient (Wildman–Crippen LogP) is 4.93. The van der Waals surface area contributed by atoms with Crippen molar-refractivity contribution < 1.29 is 19.1 Å². The summed E-state index contributed by atoms with van der Waals surface area (Å²) in [4.78, 5) is 27.8. The Morgan fingerprint density at radius 2 is 1.79 bits per heavy atom. The lowest BCUT2D eigenvalue weighted by atomic mass is 10.1. The zero-order chi connectivity index (χ0) is 24.0. The van der Waals surface area contributed by atoms with E-state index in [1.807, 2.05) is 50.2 Å². The highest BCUT2D eigenvalue weighted by atomic mass is 79.9. The van der Waals surface area contributed by atoms with Crippen molar-refractivity contribution in [2.24, 2.45) is 0 Å². The molecule has 2 amide bonds. The van der Waals surface area contributed by atoms with E-state index in [0.29, 0.717) is 11.5 Å². The van der Waals surface area contributed by atoms with Crippen molar-refractivity contribution in [2.45, 2.75) is 65.1 Å². The summed E-state index contributed by atoms with van der Waals surface area (Å²) in [6.07, 6.45) is 4.25. The molecule has 0 radical (unpaired) electrons. The van der Waals surface area contributed by atoms with Crippen molar-refractivity contribution in [3.8, 4) is 11.5 Å². The van der Waals surface area contributed by atoms with Gasteiger partial charge in [-0.2, -0.15) is 0 Å². The summed E-state index contributed by atoms with van der Waals surface area (Å²) in [6.45, 7) is 5.88. The van der Waals surface area contributed by atoms with E-state index in [1.165, 1.54) is 0 Å². The van der Waals surface area contributed by atoms with E-state index in [9.17, 15) is 9.59 Å². The highest BCUT2D eigenvalue weighted by Crippen LogP contribution is 2.26. The normalized spacial score (nSPS) is 14.6. The van der Waals surface area contributed by atoms with Gasteiger partial charge in [0.05, 0.1) is 7.11 Å². The minimum absolute atomic E-state index is 0.131. The van der Waals surface area contributed by atoms with Gasteiger partial charge in [0, 0.05) is 17.1 Å². The second kappa shape index (κ2) is 11.5. The summed E-state index contributed by atoms with van der Waals surface area (Å²) in [5, 5.41) is 3.11. The number of nitrogens with one attached hydrogen (secondary N) is 1. The summed E-state index contributed by atoms with van der Waals surface area (Å²) < 4.78 is 12.2. The molecule has 0 unspecified atom stereocenters. The Morgan fingerprint density at radius 1 is 1.12 bits per heavy atom. The molecule has 178 valence electrons. The van der Waals surface area contributed by atoms with Crippen LogP contribution in [0.4, 0.5) is 0 Å². The molecular formula is C26H33BrN2O4. The third kappa shape index (κ3) is 6.73. The molecule has 1 aliphatic rings. The molecule has 2 aromatic carbocycles. The van der Waals surface area contributed by atoms with Crippen LogP contribution in [0, 0.1) is 13.8 Å². The van der Waals surface area contributed by atoms with Crippen molar-refractivity contribution in [2.75, 3.05) is 13.7 Å². The van der Waals surface area contributed by atoms with E-state index < -0.39 is 6.04 Å². The molecule has 33 heavy (non-hydrogen) atoms. The van der Waals surface area contributed by atoms with Crippen molar-refractivity contribution in [3.05, 3.63) is 57.6 Å². The number of nitrogens with zero attached hydrogens (tertiary/aromatic N) is 1. The molecule has 0 spiro atoms. The number of carbonyl (C=O) groups is 2. The van der Waals surface area contributed by atoms with Crippen LogP contribution < -0.4 is 14.8 Å². The van der Waals surface area contributed by atoms with Gasteiger partial charge in [0.15, 0.2) is 6.61 Å². The average molecular weight is 517 g/mol. The number of hydrogen-bond acceptors (Lipinski definition) is 4. The van der Waals surface area contributed by atoms with Crippen molar-refractivity contribution >= 4 is 27.7 Å². The monoisotopic (exact) mass is 516 g/mol. The molecule has 2 aromatic rings. The van der Waals surface area contributed by atoms with E-state index in [2.05, 4.69) is 21.2 Å². The van der Waals surface area contributed by atoms with Crippen LogP contribution in [0.25, 0.3) is 0 Å². The molecule has 1 saturated carbocycles. The first-order valence-corrected chi connectivity index (χ1v) is 12.2. The number of hydrogen-bond donors (Lipinski definition) is 1. The van der Waals surface area contributed by atoms with Crippen LogP contribution in [0.2, 0.25) is 0 Å². The first-order valence-electron chi connectivity index (χ1n) is 11.4. The largest absolute Gasteiger partial charge is 0.497 e. The topological polar surface area (TPSA) is 67.9 Å². The highest BCUT2D eigenvalue weighted by molar-refractivity contribution is 9.10. The number of rotatable bonds is 9. The van der Waals surface area contributed by atoms with Crippen molar-refractivity contribution in [1.82, 2.24) is 10.2 Å². The molecular weight excluding hydrogens is 484 g/mol. The standard InChI is InChI=1S/C26H33BrN2O4/c1-17-12-23(13-18(2)25(17)27)33-16-24(30)29(15-20-8-7-11-22(14-20)32-4)19(3)26(31)28-21-9-5-6-10-21/h7-8,11-14,19,21H,5-6,9-10,15-16H2,1-4H3,(H,28,31)/t19-/m1/s1. The zero-order valence-electron chi connectivity index (χ0n) is 19.8. The van der Waals surface area contributed by atoms with Crippen LogP contribution in [-0.2, 0) is 16.1 Å². The van der Waals surface area contributed by atoms with Gasteiger partial charge in [-0.25, -0.2) is 0 Å². The maximum Gasteiger partial charge on any atom is 0.261 e. The van der Waals surface area contributed by atoms with Crippen molar-refractivity contribution in [3.63, 3.8) is 0 Å². The smallest absolute Gasteiger partial charge is 0.261 e. The van der Waals surface area contributed by atoms with Gasteiger partial charge < -0.3 is 19.7 Å². The van der Waals surface area contributed by atoms with E-state index in [-0.39, 0.29) is 31.0 Å². The number of halogens is 1. The zero-order valence-corrected chi connectivity index (χ0v) is 21.4. The Balaban J connectivity index is 1.75. The molecule has 0 bridgehead atoms. The Bertz CT molecular complexity index is 965. The van der Waals surface area contributed by atoms with Gasteiger partial charge >= 0.3 is 0 Å². The number of benzene rings is 2. The van der Waals surface area contributed by atoms with Gasteiger partial charge in [0.2, 0.25) is 5.91 Å². The molecule has 1 N–H and O–H groups in total. The minimum atomic E-state index is -0.624. The van der Waals surface area contributed by atoms with Gasteiger partial charge in [-0.05, 0) is 74.6 Å². The summed E-state index contributed by atoms with van der Waals surface area (Å²) in [6, 6.07) is 10.9. The molecule has 0 heterocycles. The Morgan fingerprint density at radius 3 is 2.42 bits per heavy atom. The molecule has 6 nitrogen and oxygen atoms in total. The molecule has 1 atom stereocenters. The van der Waals surface area contributed by atoms with Crippen LogP contribution in [0.3, 0.4) is 0 Å². The fourth-order valence-corrected chi connectivity index (χ4v) is 4.39. The number of carbonyl (C=O) groups excluding carboxylic acids is 2. The van der Waals surface area contributed by atoms with E-state index in [0.717, 1.165) is 46.8 Å². The quantitative estimate of drug-likeness (QED) is 0.513. The number of amides is 2. The molecule has 0 aromatic heterocycles. The molecule has 1 fully saturated rings.